The Kier molecular flexibility index (Phi) is 4.44. The van der Waals surface area contributed by atoms with Crippen LogP contribution in [0.15, 0.2) is 24.3 Å². The smallest absolute Gasteiger partial charge is 0.251 e. The summed E-state index contributed by atoms with van der Waals surface area (Å²) in [6.07, 6.45) is 0. The molecule has 0 spiro atoms. The number of carbonyl (C=O) groups is 1. The molecule has 0 saturated carbocycles. The molecular weight excluding hydrogens is 282 g/mol. The number of nitrogens with two attached hydrogens (primary N) is 1. The van der Waals surface area contributed by atoms with Gasteiger partial charge in [0.1, 0.15) is 11.4 Å². The molecule has 1 aromatic carbocycles. The first kappa shape index (κ1) is 15.5. The van der Waals surface area contributed by atoms with Crippen LogP contribution in [0.1, 0.15) is 35.6 Å². The molecule has 7 nitrogen and oxygen atoms in total. The number of hydrogen-bond acceptors (Lipinski definition) is 5. The van der Waals surface area contributed by atoms with Gasteiger partial charge in [0, 0.05) is 11.1 Å². The average molecular weight is 299 g/mol. The molecule has 0 unspecified atom stereocenters. The van der Waals surface area contributed by atoms with Crippen LogP contribution >= 0.6 is 0 Å². The normalized spacial score (nSPS) is 10.7. The summed E-state index contributed by atoms with van der Waals surface area (Å²) in [5.74, 6) is 5.88. The van der Waals surface area contributed by atoms with E-state index in [4.69, 9.17) is 5.73 Å². The van der Waals surface area contributed by atoms with Crippen LogP contribution in [0.25, 0.3) is 0 Å². The summed E-state index contributed by atoms with van der Waals surface area (Å²) in [7, 11) is 0. The molecule has 0 aliphatic heterocycles. The second kappa shape index (κ2) is 6.28. The number of nitrogens with zero attached hydrogens (tertiary/aromatic N) is 2. The van der Waals surface area contributed by atoms with E-state index in [1.807, 2.05) is 0 Å². The first-order valence-electron chi connectivity index (χ1n) is 6.64. The lowest BCUT2D eigenvalue weighted by molar-refractivity contribution is 0.0950. The van der Waals surface area contributed by atoms with Crippen LogP contribution in [0.4, 0.5) is 5.95 Å². The average Bonchev–Trinajstić information content (AvgIpc) is 2.88. The van der Waals surface area contributed by atoms with Gasteiger partial charge in [0.2, 0.25) is 5.95 Å². The molecule has 0 saturated heterocycles. The highest BCUT2D eigenvalue weighted by molar-refractivity contribution is 5.94. The molecule has 0 bridgehead atoms. The van der Waals surface area contributed by atoms with Gasteiger partial charge in [-0.1, -0.05) is 17.9 Å². The molecule has 0 atom stereocenters. The number of nitrogens with one attached hydrogen (secondary N) is 2. The van der Waals surface area contributed by atoms with Crippen molar-refractivity contribution in [3.63, 3.8) is 0 Å². The van der Waals surface area contributed by atoms with Crippen LogP contribution in [0, 0.1) is 11.8 Å². The SMILES string of the molecule is CC(C)(O)C#Cc1cccc(C(=O)NCc2nc(N)n[nH]2)c1. The van der Waals surface area contributed by atoms with Gasteiger partial charge < -0.3 is 16.2 Å². The maximum Gasteiger partial charge on any atom is 0.251 e. The number of carbonyl (C=O) groups excluding carboxylic acids is 1. The molecule has 2 rings (SSSR count). The van der Waals surface area contributed by atoms with E-state index in [-0.39, 0.29) is 18.4 Å². The number of amides is 1. The molecule has 1 aromatic heterocycles. The summed E-state index contributed by atoms with van der Waals surface area (Å²) in [6, 6.07) is 6.84. The molecule has 114 valence electrons. The number of benzene rings is 1. The lowest BCUT2D eigenvalue weighted by Crippen LogP contribution is -2.23. The summed E-state index contributed by atoms with van der Waals surface area (Å²) in [6.45, 7) is 3.39. The van der Waals surface area contributed by atoms with Crippen LogP contribution in [-0.2, 0) is 6.54 Å². The number of aliphatic hydroxyl groups is 1. The van der Waals surface area contributed by atoms with Crippen molar-refractivity contribution >= 4 is 11.9 Å². The maximum atomic E-state index is 12.1. The number of nitrogen functional groups attached to an aromatic ring is 1. The predicted molar refractivity (Wildman–Crippen MR) is 81.6 cm³/mol. The summed E-state index contributed by atoms with van der Waals surface area (Å²) in [4.78, 5) is 16.0. The quantitative estimate of drug-likeness (QED) is 0.614. The van der Waals surface area contributed by atoms with Crippen molar-refractivity contribution in [2.75, 3.05) is 5.73 Å². The van der Waals surface area contributed by atoms with Crippen molar-refractivity contribution in [1.82, 2.24) is 20.5 Å². The minimum absolute atomic E-state index is 0.133. The van der Waals surface area contributed by atoms with Gasteiger partial charge in [-0.25, -0.2) is 0 Å². The Labute approximate surface area is 128 Å². The highest BCUT2D eigenvalue weighted by Crippen LogP contribution is 2.06. The molecule has 0 aliphatic carbocycles. The van der Waals surface area contributed by atoms with Crippen molar-refractivity contribution in [2.24, 2.45) is 0 Å². The zero-order chi connectivity index (χ0) is 16.2. The first-order chi connectivity index (χ1) is 10.3. The van der Waals surface area contributed by atoms with Gasteiger partial charge in [-0.15, -0.1) is 5.10 Å². The van der Waals surface area contributed by atoms with Gasteiger partial charge in [0.05, 0.1) is 6.54 Å². The molecule has 7 heteroatoms. The Morgan fingerprint density at radius 3 is 2.91 bits per heavy atom. The fourth-order valence-electron chi connectivity index (χ4n) is 1.62. The Morgan fingerprint density at radius 1 is 1.50 bits per heavy atom. The van der Waals surface area contributed by atoms with Crippen molar-refractivity contribution < 1.29 is 9.90 Å². The van der Waals surface area contributed by atoms with Crippen molar-refractivity contribution in [3.8, 4) is 11.8 Å². The molecular formula is C15H17N5O2. The van der Waals surface area contributed by atoms with E-state index in [0.29, 0.717) is 17.0 Å². The topological polar surface area (TPSA) is 117 Å². The van der Waals surface area contributed by atoms with E-state index in [9.17, 15) is 9.90 Å². The third-order valence-electron chi connectivity index (χ3n) is 2.60. The maximum absolute atomic E-state index is 12.1. The number of aromatic nitrogens is 3. The molecule has 0 fully saturated rings. The van der Waals surface area contributed by atoms with Crippen LogP contribution < -0.4 is 11.1 Å². The Morgan fingerprint density at radius 2 is 2.27 bits per heavy atom. The monoisotopic (exact) mass is 299 g/mol. The molecule has 5 N–H and O–H groups in total. The minimum Gasteiger partial charge on any atom is -0.378 e. The van der Waals surface area contributed by atoms with Gasteiger partial charge in [-0.05, 0) is 32.0 Å². The molecule has 2 aromatic rings. The molecule has 22 heavy (non-hydrogen) atoms. The van der Waals surface area contributed by atoms with E-state index in [1.54, 1.807) is 38.1 Å². The van der Waals surface area contributed by atoms with E-state index < -0.39 is 5.60 Å². The third kappa shape index (κ3) is 4.61. The highest BCUT2D eigenvalue weighted by Gasteiger charge is 2.08. The van der Waals surface area contributed by atoms with Gasteiger partial charge >= 0.3 is 0 Å². The highest BCUT2D eigenvalue weighted by atomic mass is 16.3. The second-order valence-corrected chi connectivity index (χ2v) is 5.21. The van der Waals surface area contributed by atoms with E-state index in [2.05, 4.69) is 32.3 Å². The van der Waals surface area contributed by atoms with Gasteiger partial charge in [-0.3, -0.25) is 9.89 Å². The van der Waals surface area contributed by atoms with Gasteiger partial charge in [0.15, 0.2) is 0 Å². The number of H-pyrrole nitrogens is 1. The van der Waals surface area contributed by atoms with E-state index in [0.717, 1.165) is 0 Å². The number of hydrogen-bond donors (Lipinski definition) is 4. The number of rotatable bonds is 3. The largest absolute Gasteiger partial charge is 0.378 e. The van der Waals surface area contributed by atoms with Crippen molar-refractivity contribution in [2.45, 2.75) is 26.0 Å². The van der Waals surface area contributed by atoms with E-state index in [1.165, 1.54) is 0 Å². The van der Waals surface area contributed by atoms with E-state index >= 15 is 0 Å². The lowest BCUT2D eigenvalue weighted by atomic mass is 10.1. The zero-order valence-electron chi connectivity index (χ0n) is 12.3. The van der Waals surface area contributed by atoms with Gasteiger partial charge in [-0.2, -0.15) is 4.98 Å². The van der Waals surface area contributed by atoms with Crippen molar-refractivity contribution in [1.29, 1.82) is 0 Å². The van der Waals surface area contributed by atoms with Crippen LogP contribution in [0.3, 0.4) is 0 Å². The molecule has 1 heterocycles. The standard InChI is InChI=1S/C15H17N5O2/c1-15(2,22)7-6-10-4-3-5-11(8-10)13(21)17-9-12-18-14(16)20-19-12/h3-5,8,22H,9H2,1-2H3,(H,17,21)(H3,16,18,19,20). The minimum atomic E-state index is -1.08. The Hall–Kier alpha value is -2.85. The first-order valence-corrected chi connectivity index (χ1v) is 6.64. The van der Waals surface area contributed by atoms with Crippen LogP contribution in [0.5, 0.6) is 0 Å². The molecule has 0 aliphatic rings. The number of anilines is 1. The summed E-state index contributed by atoms with van der Waals surface area (Å²) in [5.41, 5.74) is 5.42. The second-order valence-electron chi connectivity index (χ2n) is 5.21. The van der Waals surface area contributed by atoms with Crippen LogP contribution in [0.2, 0.25) is 0 Å². The third-order valence-corrected chi connectivity index (χ3v) is 2.60. The summed E-state index contributed by atoms with van der Waals surface area (Å²) >= 11 is 0. The Balaban J connectivity index is 2.05. The fourth-order valence-corrected chi connectivity index (χ4v) is 1.62. The summed E-state index contributed by atoms with van der Waals surface area (Å²) < 4.78 is 0. The van der Waals surface area contributed by atoms with Gasteiger partial charge in [0.25, 0.3) is 5.91 Å². The zero-order valence-corrected chi connectivity index (χ0v) is 12.3. The Bertz CT molecular complexity index is 734. The molecule has 1 amide bonds. The molecule has 0 radical (unpaired) electrons. The number of aromatic amines is 1. The predicted octanol–water partition coefficient (Wildman–Crippen LogP) is 0.439. The fraction of sp³-hybridized carbons (Fsp3) is 0.267. The van der Waals surface area contributed by atoms with Crippen molar-refractivity contribution in [3.05, 3.63) is 41.2 Å². The van der Waals surface area contributed by atoms with Crippen LogP contribution in [-0.4, -0.2) is 31.8 Å². The lowest BCUT2D eigenvalue weighted by Gasteiger charge is -2.06. The summed E-state index contributed by atoms with van der Waals surface area (Å²) in [5, 5.41) is 18.6.